The number of benzene rings is 8. The molecule has 5 aliphatic heterocycles. The predicted octanol–water partition coefficient (Wildman–Crippen LogP) is 19.5. The third kappa shape index (κ3) is 25.0. The molecule has 0 spiro atoms. The van der Waals surface area contributed by atoms with E-state index in [2.05, 4.69) is 262 Å². The molecule has 18 heteroatoms. The molecule has 5 aliphatic rings. The van der Waals surface area contributed by atoms with E-state index in [1.165, 1.54) is 86.4 Å². The van der Waals surface area contributed by atoms with Crippen molar-refractivity contribution in [2.45, 2.75) is 162 Å². The van der Waals surface area contributed by atoms with Gasteiger partial charge in [-0.1, -0.05) is 232 Å². The van der Waals surface area contributed by atoms with Gasteiger partial charge >= 0.3 is 12.2 Å². The quantitative estimate of drug-likeness (QED) is 0.0479. The molecule has 15 nitrogen and oxygen atoms in total. The summed E-state index contributed by atoms with van der Waals surface area (Å²) in [4.78, 5) is 39.1. The molecule has 0 aliphatic carbocycles. The van der Waals surface area contributed by atoms with Crippen molar-refractivity contribution in [2.24, 2.45) is 11.8 Å². The number of nitrogens with zero attached hydrogens (tertiary/aromatic N) is 5. The molecule has 2 atom stereocenters. The summed E-state index contributed by atoms with van der Waals surface area (Å²) in [6.45, 7) is 25.9. The molecule has 0 radical (unpaired) electrons. The maximum absolute atomic E-state index is 12.5. The number of aromatic nitrogens is 2. The molecule has 4 fully saturated rings. The summed E-state index contributed by atoms with van der Waals surface area (Å²) in [5.41, 5.74) is 4.89. The smallest absolute Gasteiger partial charge is 0.410 e. The lowest BCUT2D eigenvalue weighted by molar-refractivity contribution is 0.0177. The molecule has 0 bridgehead atoms. The molecular formula is C97H115BrN6O9P2. The van der Waals surface area contributed by atoms with Gasteiger partial charge < -0.3 is 53.2 Å². The second-order valence-electron chi connectivity index (χ2n) is 32.6. The summed E-state index contributed by atoms with van der Waals surface area (Å²) in [5, 5.41) is 11.2. The summed E-state index contributed by atoms with van der Waals surface area (Å²) < 4.78 is 42.6. The number of amides is 2. The number of fused-ring (bicyclic) bond motifs is 2. The van der Waals surface area contributed by atoms with Gasteiger partial charge in [0.2, 0.25) is 0 Å². The number of ether oxygens (including phenoxy) is 7. The Morgan fingerprint density at radius 2 is 0.870 bits per heavy atom. The topological polar surface area (TPSA) is 146 Å². The summed E-state index contributed by atoms with van der Waals surface area (Å²) in [5.74, 6) is 5.04. The van der Waals surface area contributed by atoms with E-state index in [1.54, 1.807) is 28.4 Å². The maximum Gasteiger partial charge on any atom is 0.410 e. The van der Waals surface area contributed by atoms with Gasteiger partial charge in [0, 0.05) is 83.3 Å². The number of hydrogen-bond acceptors (Lipinski definition) is 13. The van der Waals surface area contributed by atoms with E-state index in [0.717, 1.165) is 118 Å². The van der Waals surface area contributed by atoms with Crippen LogP contribution in [0.2, 0.25) is 0 Å². The first-order valence-corrected chi connectivity index (χ1v) is 44.5. The Labute approximate surface area is 693 Å². The Morgan fingerprint density at radius 1 is 0.478 bits per heavy atom. The Balaban J connectivity index is 0.000000151. The van der Waals surface area contributed by atoms with Gasteiger partial charge in [-0.2, -0.15) is 0 Å². The lowest BCUT2D eigenvalue weighted by Gasteiger charge is -2.38. The first-order valence-electron chi connectivity index (χ1n) is 41.0. The third-order valence-corrected chi connectivity index (χ3v) is 26.7. The summed E-state index contributed by atoms with van der Waals surface area (Å²) in [6, 6.07) is 81.9. The minimum atomic E-state index is -0.824. The van der Waals surface area contributed by atoms with Crippen LogP contribution in [0.15, 0.2) is 260 Å². The van der Waals surface area contributed by atoms with Crippen molar-refractivity contribution in [3.63, 3.8) is 0 Å². The number of hydrogen-bond donors (Lipinski definition) is 1. The van der Waals surface area contributed by atoms with E-state index < -0.39 is 27.0 Å². The molecule has 2 amide bonds. The number of halogens is 1. The van der Waals surface area contributed by atoms with E-state index in [9.17, 15) is 9.59 Å². The SMILES string of the molecule is CC(C)(C)OC(=O)N1CCC[C@@H]1COc1cncc(Br)c1.CC(C)(C)OC(=O)N1CCC[C@@H]1COc1cncc(N2CCC(CCOCc3ccccc3)CC2)c1.CC1(C)c2cccc(P(c3ccccc3)c3ccccc3)c2Oc2c(P(c3ccccc3)c3ccccc3)cccc21.c1ccc(COCCC2CCNCC2)cc1. The standard InChI is InChI=1S/C39H32OP2.C29H41N3O4.C15H21BrN2O3.C14H21NO/c1-39(2)33-25-15-27-35(41(29-17-7-3-8-18-29)30-19-9-4-10-20-30)37(33)40-38-34(39)26-16-28-36(38)42(31-21-11-5-12-22-31)32-23-13-6-14-24-32;1-29(2,3)36-28(33)32-14-7-10-25(32)22-35-27-18-26(19-30-20-27)31-15-11-23(12-16-31)13-17-34-21-24-8-5-4-6-9-24;1-15(2,3)21-14(19)18-6-4-5-12(18)10-20-13-7-11(16)8-17-9-13;1-2-4-14(5-3-1)12-16-11-8-13-6-9-15-10-7-13/h3-28H,1-2H3;4-6,8-9,18-20,23,25H,7,10-17,21-22H2,1-3H3;7-9,12H,4-6,10H2,1-3H3;1-5,13,15H,6-12H2/t;25-;12-;/m.11./s1. The van der Waals surface area contributed by atoms with Crippen LogP contribution in [0, 0.1) is 11.8 Å². The van der Waals surface area contributed by atoms with Crippen LogP contribution in [0.3, 0.4) is 0 Å². The van der Waals surface area contributed by atoms with Crippen molar-refractivity contribution in [1.82, 2.24) is 25.1 Å². The fourth-order valence-electron chi connectivity index (χ4n) is 15.3. The average molecular weight is 1650 g/mol. The van der Waals surface area contributed by atoms with Gasteiger partial charge in [-0.3, -0.25) is 9.97 Å². The van der Waals surface area contributed by atoms with Crippen LogP contribution in [-0.2, 0) is 37.6 Å². The molecule has 10 aromatic rings. The predicted molar refractivity (Wildman–Crippen MR) is 474 cm³/mol. The summed E-state index contributed by atoms with van der Waals surface area (Å²) in [7, 11) is -1.65. The zero-order valence-electron chi connectivity index (χ0n) is 68.3. The average Bonchev–Trinajstić information content (AvgIpc) is 0.917. The molecule has 2 aromatic heterocycles. The molecule has 7 heterocycles. The molecule has 1 N–H and O–H groups in total. The zero-order valence-corrected chi connectivity index (χ0v) is 71.7. The van der Waals surface area contributed by atoms with E-state index in [0.29, 0.717) is 38.0 Å². The van der Waals surface area contributed by atoms with Crippen LogP contribution in [0.5, 0.6) is 23.0 Å². The van der Waals surface area contributed by atoms with Gasteiger partial charge in [-0.15, -0.1) is 0 Å². The summed E-state index contributed by atoms with van der Waals surface area (Å²) in [6.07, 6.45) is 17.6. The largest absolute Gasteiger partial charge is 0.490 e. The van der Waals surface area contributed by atoms with Crippen LogP contribution in [-0.4, -0.2) is 121 Å². The van der Waals surface area contributed by atoms with Gasteiger partial charge in [0.15, 0.2) is 0 Å². The molecule has 4 saturated heterocycles. The van der Waals surface area contributed by atoms with Crippen molar-refractivity contribution < 1.29 is 42.7 Å². The van der Waals surface area contributed by atoms with Crippen LogP contribution in [0.25, 0.3) is 0 Å². The number of para-hydroxylation sites is 2. The number of nitrogens with one attached hydrogen (secondary N) is 1. The van der Waals surface area contributed by atoms with Crippen molar-refractivity contribution in [1.29, 1.82) is 0 Å². The lowest BCUT2D eigenvalue weighted by atomic mass is 9.76. The number of carbonyl (C=O) groups is 2. The summed E-state index contributed by atoms with van der Waals surface area (Å²) >= 11 is 3.36. The monoisotopic (exact) mass is 1650 g/mol. The minimum absolute atomic E-state index is 0.0309. The number of pyridine rings is 2. The number of anilines is 1. The van der Waals surface area contributed by atoms with E-state index in [4.69, 9.17) is 33.2 Å². The Morgan fingerprint density at radius 3 is 1.28 bits per heavy atom. The van der Waals surface area contributed by atoms with Crippen molar-refractivity contribution in [3.05, 3.63) is 282 Å². The third-order valence-electron chi connectivity index (χ3n) is 21.4. The number of rotatable bonds is 23. The first-order chi connectivity index (χ1) is 55.8. The van der Waals surface area contributed by atoms with E-state index >= 15 is 0 Å². The Kier molecular flexibility index (Phi) is 31.4. The zero-order chi connectivity index (χ0) is 80.4. The molecule has 115 heavy (non-hydrogen) atoms. The van der Waals surface area contributed by atoms with Crippen molar-refractivity contribution in [2.75, 3.05) is 70.6 Å². The van der Waals surface area contributed by atoms with Gasteiger partial charge in [-0.05, 0) is 201 Å². The molecule has 15 rings (SSSR count). The fourth-order valence-corrected chi connectivity index (χ4v) is 20.5. The maximum atomic E-state index is 12.5. The highest BCUT2D eigenvalue weighted by molar-refractivity contribution is 9.10. The number of carbonyl (C=O) groups excluding carboxylic acids is 2. The first kappa shape index (κ1) is 85.4. The van der Waals surface area contributed by atoms with Crippen LogP contribution in [0.1, 0.15) is 142 Å². The molecule has 0 unspecified atom stereocenters. The number of likely N-dealkylation sites (tertiary alicyclic amines) is 2. The molecule has 8 aromatic carbocycles. The fraction of sp³-hybridized carbons (Fsp3) is 0.381. The lowest BCUT2D eigenvalue weighted by Crippen LogP contribution is -2.42. The van der Waals surface area contributed by atoms with Crippen molar-refractivity contribution >= 4 is 81.5 Å². The van der Waals surface area contributed by atoms with E-state index in [-0.39, 0.29) is 29.7 Å². The van der Waals surface area contributed by atoms with Gasteiger partial charge in [0.25, 0.3) is 0 Å². The number of piperidine rings is 2. The second-order valence-corrected chi connectivity index (χ2v) is 37.9. The van der Waals surface area contributed by atoms with Crippen LogP contribution >= 0.6 is 31.8 Å². The van der Waals surface area contributed by atoms with Crippen LogP contribution in [0.4, 0.5) is 15.3 Å². The molecule has 0 saturated carbocycles. The van der Waals surface area contributed by atoms with Gasteiger partial charge in [0.1, 0.15) is 47.4 Å². The molecule has 604 valence electrons. The van der Waals surface area contributed by atoms with Crippen LogP contribution < -0.4 is 56.3 Å². The highest BCUT2D eigenvalue weighted by atomic mass is 79.9. The van der Waals surface area contributed by atoms with E-state index in [1.807, 2.05) is 65.9 Å². The second kappa shape index (κ2) is 42.2. The van der Waals surface area contributed by atoms with Crippen molar-refractivity contribution in [3.8, 4) is 23.0 Å². The Bertz CT molecular complexity index is 4400. The Hall–Kier alpha value is -8.98. The molecular weight excluding hydrogens is 1530 g/mol. The highest BCUT2D eigenvalue weighted by Crippen LogP contribution is 2.52. The van der Waals surface area contributed by atoms with Gasteiger partial charge in [-0.25, -0.2) is 9.59 Å². The minimum Gasteiger partial charge on any atom is -0.490 e. The van der Waals surface area contributed by atoms with Gasteiger partial charge in [0.05, 0.1) is 49.6 Å². The highest BCUT2D eigenvalue weighted by Gasteiger charge is 2.40. The normalized spacial score (nSPS) is 16.6.